The summed E-state index contributed by atoms with van der Waals surface area (Å²) in [7, 11) is 0. The van der Waals surface area contributed by atoms with E-state index >= 15 is 0 Å². The van der Waals surface area contributed by atoms with Gasteiger partial charge in [0.15, 0.2) is 0 Å². The van der Waals surface area contributed by atoms with Crippen LogP contribution in [0.5, 0.6) is 0 Å². The van der Waals surface area contributed by atoms with E-state index in [2.05, 4.69) is 39.5 Å². The van der Waals surface area contributed by atoms with Gasteiger partial charge in [-0.05, 0) is 75.8 Å². The van der Waals surface area contributed by atoms with Gasteiger partial charge < -0.3 is 19.5 Å². The van der Waals surface area contributed by atoms with Gasteiger partial charge in [0.05, 0.1) is 13.2 Å². The van der Waals surface area contributed by atoms with Crippen molar-refractivity contribution in [2.45, 2.75) is 247 Å². The maximum atomic E-state index is 12.5. The van der Waals surface area contributed by atoms with Crippen LogP contribution in [0.2, 0.25) is 0 Å². The number of unbranched alkanes of at least 4 members (excludes halogenated alkanes) is 22. The minimum absolute atomic E-state index is 0.00725. The summed E-state index contributed by atoms with van der Waals surface area (Å²) in [5.74, 6) is 0.519. The number of aliphatic hydroxyl groups is 1. The third-order valence-corrected chi connectivity index (χ3v) is 11.3. The second-order valence-electron chi connectivity index (χ2n) is 17.6. The molecule has 322 valence electrons. The fourth-order valence-corrected chi connectivity index (χ4v) is 7.55. The number of hydrogen-bond donors (Lipinski definition) is 1. The Hall–Kier alpha value is -1.14. The van der Waals surface area contributed by atoms with E-state index in [1.165, 1.54) is 154 Å². The van der Waals surface area contributed by atoms with Crippen molar-refractivity contribution in [2.75, 3.05) is 39.5 Å². The lowest BCUT2D eigenvalue weighted by Gasteiger charge is -2.25. The molecule has 0 spiro atoms. The summed E-state index contributed by atoms with van der Waals surface area (Å²) < 4.78 is 11.5. The van der Waals surface area contributed by atoms with E-state index in [0.717, 1.165) is 64.6 Å². The molecule has 0 aromatic carbocycles. The van der Waals surface area contributed by atoms with Crippen LogP contribution in [0, 0.1) is 11.3 Å². The first-order valence-corrected chi connectivity index (χ1v) is 23.9. The molecule has 0 heterocycles. The summed E-state index contributed by atoms with van der Waals surface area (Å²) in [5, 5.41) is 9.43. The van der Waals surface area contributed by atoms with Crippen molar-refractivity contribution in [1.29, 1.82) is 0 Å². The fraction of sp³-hybridized carbons (Fsp3) is 0.958. The molecule has 0 unspecified atom stereocenters. The predicted molar refractivity (Wildman–Crippen MR) is 232 cm³/mol. The summed E-state index contributed by atoms with van der Waals surface area (Å²) in [6, 6.07) is 0. The highest BCUT2D eigenvalue weighted by Gasteiger charge is 2.20. The Morgan fingerprint density at radius 3 is 1.37 bits per heavy atom. The van der Waals surface area contributed by atoms with Crippen molar-refractivity contribution in [1.82, 2.24) is 4.90 Å². The maximum Gasteiger partial charge on any atom is 0.305 e. The molecule has 1 N–H and O–H groups in total. The van der Waals surface area contributed by atoms with Crippen LogP contribution in [0.4, 0.5) is 0 Å². The largest absolute Gasteiger partial charge is 0.465 e. The molecule has 0 radical (unpaired) electrons. The first kappa shape index (κ1) is 52.9. The van der Waals surface area contributed by atoms with Crippen LogP contribution in [0.1, 0.15) is 247 Å². The number of nitrogens with zero attached hydrogens (tertiary/aromatic N) is 1. The highest BCUT2D eigenvalue weighted by molar-refractivity contribution is 5.69. The number of esters is 2. The zero-order valence-corrected chi connectivity index (χ0v) is 37.2. The quantitative estimate of drug-likeness (QED) is 0.0492. The maximum absolute atomic E-state index is 12.5. The van der Waals surface area contributed by atoms with Crippen LogP contribution >= 0.6 is 0 Å². The standard InChI is InChI=1S/C48H95NO5/c1-6-9-12-15-16-17-22-29-37-47(52)54-44-48(4,5)38-30-25-32-40-49(41-33-42-50)39-31-24-19-18-23-28-36-46(51)53-43-45(34-26-20-13-10-7-2)35-27-21-14-11-8-3/h45,50H,6-44H2,1-5H3. The molecule has 54 heavy (non-hydrogen) atoms. The molecule has 6 nitrogen and oxygen atoms in total. The van der Waals surface area contributed by atoms with Crippen molar-refractivity contribution >= 4 is 11.9 Å². The monoisotopic (exact) mass is 766 g/mol. The summed E-state index contributed by atoms with van der Waals surface area (Å²) in [6.07, 6.45) is 38.9. The van der Waals surface area contributed by atoms with Gasteiger partial charge in [-0.1, -0.05) is 182 Å². The van der Waals surface area contributed by atoms with E-state index in [1.54, 1.807) is 0 Å². The van der Waals surface area contributed by atoms with Crippen molar-refractivity contribution in [3.8, 4) is 0 Å². The normalized spacial score (nSPS) is 11.9. The number of rotatable bonds is 43. The number of carbonyl (C=O) groups is 2. The minimum atomic E-state index is -0.0285. The Kier molecular flexibility index (Phi) is 39.2. The summed E-state index contributed by atoms with van der Waals surface area (Å²) in [4.78, 5) is 27.3. The zero-order valence-electron chi connectivity index (χ0n) is 37.2. The second kappa shape index (κ2) is 40.1. The highest BCUT2D eigenvalue weighted by atomic mass is 16.5. The first-order chi connectivity index (χ1) is 26.3. The molecule has 0 bridgehead atoms. The van der Waals surface area contributed by atoms with E-state index in [0.29, 0.717) is 32.0 Å². The molecule has 0 atom stereocenters. The minimum Gasteiger partial charge on any atom is -0.465 e. The van der Waals surface area contributed by atoms with E-state index < -0.39 is 0 Å². The Labute approximate surface area is 337 Å². The molecule has 0 aliphatic heterocycles. The molecular formula is C48H95NO5. The topological polar surface area (TPSA) is 76.1 Å². The first-order valence-electron chi connectivity index (χ1n) is 23.9. The van der Waals surface area contributed by atoms with Gasteiger partial charge in [-0.15, -0.1) is 0 Å². The van der Waals surface area contributed by atoms with Crippen LogP contribution in [0.15, 0.2) is 0 Å². The average Bonchev–Trinajstić information content (AvgIpc) is 3.16. The van der Waals surface area contributed by atoms with Crippen LogP contribution in [0.3, 0.4) is 0 Å². The van der Waals surface area contributed by atoms with Gasteiger partial charge in [-0.3, -0.25) is 9.59 Å². The van der Waals surface area contributed by atoms with Gasteiger partial charge in [-0.2, -0.15) is 0 Å². The van der Waals surface area contributed by atoms with Gasteiger partial charge in [-0.25, -0.2) is 0 Å². The predicted octanol–water partition coefficient (Wildman–Crippen LogP) is 13.9. The molecule has 0 aromatic heterocycles. The third kappa shape index (κ3) is 37.8. The molecule has 0 amide bonds. The van der Waals surface area contributed by atoms with Crippen molar-refractivity contribution in [3.63, 3.8) is 0 Å². The molecule has 0 aromatic rings. The van der Waals surface area contributed by atoms with Gasteiger partial charge in [0.25, 0.3) is 0 Å². The SMILES string of the molecule is CCCCCCCCCCC(=O)OCC(C)(C)CCCCCN(CCCO)CCCCCCCCC(=O)OCC(CCCCCCC)CCCCCCC. The molecule has 0 aliphatic carbocycles. The van der Waals surface area contributed by atoms with Crippen LogP contribution in [-0.2, 0) is 19.1 Å². The number of carbonyl (C=O) groups excluding carboxylic acids is 2. The summed E-state index contributed by atoms with van der Waals surface area (Å²) in [5.41, 5.74) is 0.0232. The lowest BCUT2D eigenvalue weighted by atomic mass is 9.88. The number of aliphatic hydroxyl groups excluding tert-OH is 1. The van der Waals surface area contributed by atoms with E-state index in [1.807, 2.05) is 0 Å². The Morgan fingerprint density at radius 2 is 0.889 bits per heavy atom. The third-order valence-electron chi connectivity index (χ3n) is 11.3. The fourth-order valence-electron chi connectivity index (χ4n) is 7.55. The molecule has 0 rings (SSSR count). The van der Waals surface area contributed by atoms with Crippen LogP contribution < -0.4 is 0 Å². The van der Waals surface area contributed by atoms with Crippen LogP contribution in [-0.4, -0.2) is 61.4 Å². The highest BCUT2D eigenvalue weighted by Crippen LogP contribution is 2.25. The zero-order chi connectivity index (χ0) is 39.8. The Balaban J connectivity index is 4.07. The molecule has 0 saturated heterocycles. The molecule has 0 aliphatic rings. The average molecular weight is 766 g/mol. The lowest BCUT2D eigenvalue weighted by Crippen LogP contribution is -2.28. The Bertz CT molecular complexity index is 788. The summed E-state index contributed by atoms with van der Waals surface area (Å²) >= 11 is 0. The molecular weight excluding hydrogens is 671 g/mol. The van der Waals surface area contributed by atoms with E-state index in [-0.39, 0.29) is 24.0 Å². The van der Waals surface area contributed by atoms with E-state index in [9.17, 15) is 14.7 Å². The van der Waals surface area contributed by atoms with Gasteiger partial charge in [0, 0.05) is 26.0 Å². The molecule has 0 saturated carbocycles. The second-order valence-corrected chi connectivity index (χ2v) is 17.6. The lowest BCUT2D eigenvalue weighted by molar-refractivity contribution is -0.147. The summed E-state index contributed by atoms with van der Waals surface area (Å²) in [6.45, 7) is 15.8. The Morgan fingerprint density at radius 1 is 0.500 bits per heavy atom. The van der Waals surface area contributed by atoms with Crippen molar-refractivity contribution < 1.29 is 24.2 Å². The van der Waals surface area contributed by atoms with Crippen LogP contribution in [0.25, 0.3) is 0 Å². The van der Waals surface area contributed by atoms with Gasteiger partial charge in [0.1, 0.15) is 0 Å². The van der Waals surface area contributed by atoms with Crippen molar-refractivity contribution in [2.24, 2.45) is 11.3 Å². The molecule has 6 heteroatoms. The van der Waals surface area contributed by atoms with Crippen molar-refractivity contribution in [3.05, 3.63) is 0 Å². The van der Waals surface area contributed by atoms with Gasteiger partial charge >= 0.3 is 11.9 Å². The number of hydrogen-bond acceptors (Lipinski definition) is 6. The smallest absolute Gasteiger partial charge is 0.305 e. The molecule has 0 fully saturated rings. The van der Waals surface area contributed by atoms with Gasteiger partial charge in [0.2, 0.25) is 0 Å². The number of ether oxygens (including phenoxy) is 2. The van der Waals surface area contributed by atoms with E-state index in [4.69, 9.17) is 9.47 Å².